The maximum Gasteiger partial charge on any atom is 0.310 e. The first kappa shape index (κ1) is 23.4. The molecule has 29 heavy (non-hydrogen) atoms. The normalized spacial score (nSPS) is 16.9. The van der Waals surface area contributed by atoms with E-state index < -0.39 is 0 Å². The molecule has 1 fully saturated rings. The highest BCUT2D eigenvalue weighted by molar-refractivity contribution is 14.0. The van der Waals surface area contributed by atoms with Gasteiger partial charge in [0.05, 0.1) is 19.1 Å². The summed E-state index contributed by atoms with van der Waals surface area (Å²) in [6.07, 6.45) is 1.74. The molecule has 1 aliphatic heterocycles. The highest BCUT2D eigenvalue weighted by Crippen LogP contribution is 2.20. The second-order valence-electron chi connectivity index (χ2n) is 6.46. The highest BCUT2D eigenvalue weighted by atomic mass is 127. The number of nitrogens with one attached hydrogen (secondary N) is 1. The Bertz CT molecular complexity index is 845. The molecule has 0 amide bonds. The van der Waals surface area contributed by atoms with Crippen molar-refractivity contribution in [3.63, 3.8) is 0 Å². The molecule has 1 aliphatic rings. The molecule has 2 heterocycles. The zero-order chi connectivity index (χ0) is 19.9. The number of guanidine groups is 1. The van der Waals surface area contributed by atoms with Gasteiger partial charge in [0, 0.05) is 30.7 Å². The second-order valence-corrected chi connectivity index (χ2v) is 6.90. The van der Waals surface area contributed by atoms with Gasteiger partial charge in [-0.15, -0.1) is 24.0 Å². The Hall–Kier alpha value is -1.88. The monoisotopic (exact) mass is 533 g/mol. The SMILES string of the molecule is CCOC(=O)C1CCCN(C(=NC)NCc2nc(-c3cccc(Cl)c3)no2)C1.I. The number of ether oxygens (including phenoxy) is 1. The van der Waals surface area contributed by atoms with E-state index in [1.807, 2.05) is 19.1 Å². The van der Waals surface area contributed by atoms with E-state index in [2.05, 4.69) is 25.3 Å². The van der Waals surface area contributed by atoms with Crippen LogP contribution in [0.4, 0.5) is 0 Å². The summed E-state index contributed by atoms with van der Waals surface area (Å²) >= 11 is 6.01. The topological polar surface area (TPSA) is 92.8 Å². The van der Waals surface area contributed by atoms with Crippen molar-refractivity contribution in [1.29, 1.82) is 0 Å². The smallest absolute Gasteiger partial charge is 0.310 e. The molecule has 3 rings (SSSR count). The minimum absolute atomic E-state index is 0. The van der Waals surface area contributed by atoms with Crippen molar-refractivity contribution in [1.82, 2.24) is 20.4 Å². The van der Waals surface area contributed by atoms with Crippen LogP contribution in [-0.4, -0.2) is 53.7 Å². The Kier molecular flexibility index (Phi) is 9.15. The molecule has 1 aromatic carbocycles. The molecule has 158 valence electrons. The van der Waals surface area contributed by atoms with Crippen molar-refractivity contribution in [3.05, 3.63) is 35.2 Å². The first-order chi connectivity index (χ1) is 13.6. The van der Waals surface area contributed by atoms with Gasteiger partial charge in [0.1, 0.15) is 0 Å². The van der Waals surface area contributed by atoms with E-state index in [-0.39, 0.29) is 35.9 Å². The Morgan fingerprint density at radius 2 is 2.31 bits per heavy atom. The molecule has 0 aliphatic carbocycles. The molecular formula is C19H25ClIN5O3. The largest absolute Gasteiger partial charge is 0.466 e. The van der Waals surface area contributed by atoms with Gasteiger partial charge in [-0.3, -0.25) is 9.79 Å². The van der Waals surface area contributed by atoms with E-state index in [9.17, 15) is 4.79 Å². The number of halogens is 2. The van der Waals surface area contributed by atoms with Crippen molar-refractivity contribution in [2.75, 3.05) is 26.7 Å². The number of rotatable bonds is 5. The van der Waals surface area contributed by atoms with Crippen LogP contribution in [0.25, 0.3) is 11.4 Å². The Morgan fingerprint density at radius 3 is 3.03 bits per heavy atom. The standard InChI is InChI=1S/C19H24ClN5O3.HI/c1-3-27-18(26)14-7-5-9-25(12-14)19(21-2)22-11-16-23-17(24-28-16)13-6-4-8-15(20)10-13;/h4,6,8,10,14H,3,5,7,9,11-12H2,1-2H3,(H,21,22);1H. The number of likely N-dealkylation sites (tertiary alicyclic amines) is 1. The Morgan fingerprint density at radius 1 is 1.48 bits per heavy atom. The van der Waals surface area contributed by atoms with E-state index in [0.717, 1.165) is 24.9 Å². The number of aliphatic imine (C=N–C) groups is 1. The van der Waals surface area contributed by atoms with Crippen molar-refractivity contribution < 1.29 is 14.1 Å². The van der Waals surface area contributed by atoms with Gasteiger partial charge >= 0.3 is 5.97 Å². The highest BCUT2D eigenvalue weighted by Gasteiger charge is 2.28. The molecule has 0 bridgehead atoms. The number of benzene rings is 1. The molecule has 1 saturated heterocycles. The van der Waals surface area contributed by atoms with Crippen molar-refractivity contribution in [2.24, 2.45) is 10.9 Å². The first-order valence-corrected chi connectivity index (χ1v) is 9.69. The van der Waals surface area contributed by atoms with Crippen molar-refractivity contribution >= 4 is 47.5 Å². The molecule has 2 aromatic rings. The molecular weight excluding hydrogens is 509 g/mol. The summed E-state index contributed by atoms with van der Waals surface area (Å²) in [5.74, 6) is 1.33. The van der Waals surface area contributed by atoms with Crippen LogP contribution in [0.15, 0.2) is 33.8 Å². The van der Waals surface area contributed by atoms with Gasteiger partial charge in [0.2, 0.25) is 11.7 Å². The van der Waals surface area contributed by atoms with E-state index in [1.165, 1.54) is 0 Å². The maximum absolute atomic E-state index is 12.0. The van der Waals surface area contributed by atoms with Gasteiger partial charge in [0.15, 0.2) is 5.96 Å². The number of piperidine rings is 1. The molecule has 1 unspecified atom stereocenters. The Labute approximate surface area is 192 Å². The molecule has 0 saturated carbocycles. The lowest BCUT2D eigenvalue weighted by Gasteiger charge is -2.33. The molecule has 10 heteroatoms. The third kappa shape index (κ3) is 6.30. The lowest BCUT2D eigenvalue weighted by atomic mass is 9.98. The van der Waals surface area contributed by atoms with Crippen LogP contribution in [0.2, 0.25) is 5.02 Å². The summed E-state index contributed by atoms with van der Waals surface area (Å²) in [7, 11) is 1.71. The van der Waals surface area contributed by atoms with Gasteiger partial charge in [-0.05, 0) is 31.9 Å². The van der Waals surface area contributed by atoms with E-state index in [1.54, 1.807) is 19.2 Å². The molecule has 1 aromatic heterocycles. The molecule has 1 N–H and O–H groups in total. The van der Waals surface area contributed by atoms with Gasteiger partial charge in [-0.2, -0.15) is 4.98 Å². The molecule has 0 spiro atoms. The molecule has 0 radical (unpaired) electrons. The van der Waals surface area contributed by atoms with Crippen LogP contribution < -0.4 is 5.32 Å². The maximum atomic E-state index is 12.0. The average molecular weight is 534 g/mol. The number of nitrogens with zero attached hydrogens (tertiary/aromatic N) is 4. The van der Waals surface area contributed by atoms with Crippen LogP contribution in [0.5, 0.6) is 0 Å². The van der Waals surface area contributed by atoms with Crippen LogP contribution in [0.1, 0.15) is 25.7 Å². The number of esters is 1. The number of carbonyl (C=O) groups is 1. The fourth-order valence-corrected chi connectivity index (χ4v) is 3.37. The Balaban J connectivity index is 0.00000300. The minimum atomic E-state index is -0.147. The van der Waals surface area contributed by atoms with Crippen LogP contribution in [-0.2, 0) is 16.1 Å². The number of hydrogen-bond acceptors (Lipinski definition) is 6. The van der Waals surface area contributed by atoms with E-state index in [4.69, 9.17) is 20.9 Å². The predicted molar refractivity (Wildman–Crippen MR) is 121 cm³/mol. The van der Waals surface area contributed by atoms with Crippen LogP contribution in [0.3, 0.4) is 0 Å². The first-order valence-electron chi connectivity index (χ1n) is 9.31. The van der Waals surface area contributed by atoms with Crippen molar-refractivity contribution in [2.45, 2.75) is 26.3 Å². The lowest BCUT2D eigenvalue weighted by Crippen LogP contribution is -2.48. The predicted octanol–water partition coefficient (Wildman–Crippen LogP) is 3.36. The third-order valence-corrected chi connectivity index (χ3v) is 4.74. The zero-order valence-corrected chi connectivity index (χ0v) is 19.5. The van der Waals surface area contributed by atoms with Gasteiger partial charge in [-0.25, -0.2) is 0 Å². The lowest BCUT2D eigenvalue weighted by molar-refractivity contribution is -0.149. The fourth-order valence-electron chi connectivity index (χ4n) is 3.18. The minimum Gasteiger partial charge on any atom is -0.466 e. The van der Waals surface area contributed by atoms with Crippen LogP contribution >= 0.6 is 35.6 Å². The second kappa shape index (κ2) is 11.3. The van der Waals surface area contributed by atoms with E-state index >= 15 is 0 Å². The number of carbonyl (C=O) groups excluding carboxylic acids is 1. The summed E-state index contributed by atoms with van der Waals surface area (Å²) in [4.78, 5) is 22.8. The third-order valence-electron chi connectivity index (χ3n) is 4.50. The summed E-state index contributed by atoms with van der Waals surface area (Å²) in [6.45, 7) is 3.96. The number of hydrogen-bond donors (Lipinski definition) is 1. The van der Waals surface area contributed by atoms with Crippen molar-refractivity contribution in [3.8, 4) is 11.4 Å². The fraction of sp³-hybridized carbons (Fsp3) is 0.474. The van der Waals surface area contributed by atoms with Gasteiger partial charge < -0.3 is 19.5 Å². The molecule has 1 atom stereocenters. The zero-order valence-electron chi connectivity index (χ0n) is 16.4. The van der Waals surface area contributed by atoms with E-state index in [0.29, 0.717) is 42.4 Å². The summed E-state index contributed by atoms with van der Waals surface area (Å²) in [5, 5.41) is 7.84. The van der Waals surface area contributed by atoms with Gasteiger partial charge in [0.25, 0.3) is 0 Å². The molecule has 8 nitrogen and oxygen atoms in total. The van der Waals surface area contributed by atoms with Crippen LogP contribution in [0, 0.1) is 5.92 Å². The van der Waals surface area contributed by atoms with Gasteiger partial charge in [-0.1, -0.05) is 28.9 Å². The average Bonchev–Trinajstić information content (AvgIpc) is 3.18. The summed E-state index contributed by atoms with van der Waals surface area (Å²) in [6, 6.07) is 7.28. The summed E-state index contributed by atoms with van der Waals surface area (Å²) in [5.41, 5.74) is 0.792. The number of aromatic nitrogens is 2. The summed E-state index contributed by atoms with van der Waals surface area (Å²) < 4.78 is 10.5. The quantitative estimate of drug-likeness (QED) is 0.273.